The van der Waals surface area contributed by atoms with Crippen LogP contribution >= 0.6 is 11.6 Å². The van der Waals surface area contributed by atoms with Gasteiger partial charge in [-0.05, 0) is 12.1 Å². The molecule has 0 amide bonds. The molecule has 0 aromatic carbocycles. The largest absolute Gasteiger partial charge is 0.292 e. The van der Waals surface area contributed by atoms with Crippen molar-refractivity contribution in [3.8, 4) is 0 Å². The fourth-order valence-electron chi connectivity index (χ4n) is 1.14. The lowest BCUT2D eigenvalue weighted by atomic mass is 10.5. The Balaban J connectivity index is 2.38. The fraction of sp³-hybridized carbons (Fsp3) is 0.111. The molecule has 6 heteroatoms. The van der Waals surface area contributed by atoms with Crippen LogP contribution in [0.2, 0.25) is 5.02 Å². The van der Waals surface area contributed by atoms with E-state index in [1.807, 2.05) is 12.1 Å². The van der Waals surface area contributed by atoms with E-state index in [0.717, 1.165) is 0 Å². The molecule has 15 heavy (non-hydrogen) atoms. The molecular formula is C9H9ClN4O. The standard InChI is InChI=1S/C9H9ClN4O/c1-13-9(15)8(10)7(6-11-13)12-14-4-2-3-5-14/h2-6,12H,1H3. The monoisotopic (exact) mass is 224 g/mol. The molecule has 0 unspecified atom stereocenters. The Morgan fingerprint density at radius 1 is 1.40 bits per heavy atom. The second kappa shape index (κ2) is 3.78. The summed E-state index contributed by atoms with van der Waals surface area (Å²) in [4.78, 5) is 11.4. The van der Waals surface area contributed by atoms with Crippen LogP contribution < -0.4 is 11.0 Å². The molecule has 0 radical (unpaired) electrons. The van der Waals surface area contributed by atoms with Crippen molar-refractivity contribution in [3.05, 3.63) is 46.1 Å². The maximum Gasteiger partial charge on any atom is 0.287 e. The van der Waals surface area contributed by atoms with Gasteiger partial charge in [0.05, 0.1) is 11.9 Å². The van der Waals surface area contributed by atoms with Crippen LogP contribution in [0.1, 0.15) is 0 Å². The third kappa shape index (κ3) is 1.87. The van der Waals surface area contributed by atoms with E-state index in [1.165, 1.54) is 10.9 Å². The zero-order chi connectivity index (χ0) is 10.8. The summed E-state index contributed by atoms with van der Waals surface area (Å²) in [7, 11) is 1.55. The Morgan fingerprint density at radius 3 is 2.73 bits per heavy atom. The highest BCUT2D eigenvalue weighted by molar-refractivity contribution is 6.32. The highest BCUT2D eigenvalue weighted by Crippen LogP contribution is 2.14. The molecule has 0 fully saturated rings. The zero-order valence-electron chi connectivity index (χ0n) is 8.01. The number of nitrogens with zero attached hydrogens (tertiary/aromatic N) is 3. The normalized spacial score (nSPS) is 10.3. The zero-order valence-corrected chi connectivity index (χ0v) is 8.77. The van der Waals surface area contributed by atoms with Crippen molar-refractivity contribution >= 4 is 17.3 Å². The topological polar surface area (TPSA) is 51.9 Å². The molecule has 5 nitrogen and oxygen atoms in total. The second-order valence-corrected chi connectivity index (χ2v) is 3.38. The van der Waals surface area contributed by atoms with Gasteiger partial charge in [-0.15, -0.1) is 0 Å². The minimum Gasteiger partial charge on any atom is -0.292 e. The van der Waals surface area contributed by atoms with E-state index in [2.05, 4.69) is 10.5 Å². The summed E-state index contributed by atoms with van der Waals surface area (Å²) in [5.74, 6) is 0. The van der Waals surface area contributed by atoms with Gasteiger partial charge in [0.15, 0.2) is 0 Å². The highest BCUT2D eigenvalue weighted by atomic mass is 35.5. The molecule has 0 aliphatic rings. The summed E-state index contributed by atoms with van der Waals surface area (Å²) in [6.07, 6.45) is 5.10. The Kier molecular flexibility index (Phi) is 2.47. The van der Waals surface area contributed by atoms with Crippen LogP contribution in [0.3, 0.4) is 0 Å². The SMILES string of the molecule is Cn1ncc(Nn2cccc2)c(Cl)c1=O. The van der Waals surface area contributed by atoms with Gasteiger partial charge >= 0.3 is 0 Å². The maximum absolute atomic E-state index is 11.4. The Hall–Kier alpha value is -1.75. The molecule has 2 heterocycles. The van der Waals surface area contributed by atoms with Gasteiger partial charge in [0.1, 0.15) is 5.02 Å². The number of halogens is 1. The molecule has 0 saturated heterocycles. The van der Waals surface area contributed by atoms with E-state index < -0.39 is 0 Å². The van der Waals surface area contributed by atoms with Gasteiger partial charge in [-0.25, -0.2) is 4.68 Å². The van der Waals surface area contributed by atoms with Crippen LogP contribution in [0.4, 0.5) is 5.69 Å². The van der Waals surface area contributed by atoms with Crippen LogP contribution in [-0.2, 0) is 7.05 Å². The van der Waals surface area contributed by atoms with Gasteiger partial charge in [-0.2, -0.15) is 5.10 Å². The molecular weight excluding hydrogens is 216 g/mol. The van der Waals surface area contributed by atoms with E-state index in [0.29, 0.717) is 5.69 Å². The molecule has 0 saturated carbocycles. The Morgan fingerprint density at radius 2 is 2.07 bits per heavy atom. The van der Waals surface area contributed by atoms with Crippen LogP contribution in [0.5, 0.6) is 0 Å². The molecule has 0 aliphatic heterocycles. The van der Waals surface area contributed by atoms with Gasteiger partial charge in [-0.1, -0.05) is 11.6 Å². The Bertz CT molecular complexity index is 517. The summed E-state index contributed by atoms with van der Waals surface area (Å²) in [5, 5.41) is 3.99. The second-order valence-electron chi connectivity index (χ2n) is 3.00. The summed E-state index contributed by atoms with van der Waals surface area (Å²) in [6.45, 7) is 0. The average Bonchev–Trinajstić information content (AvgIpc) is 2.72. The van der Waals surface area contributed by atoms with Gasteiger partial charge < -0.3 is 0 Å². The molecule has 2 rings (SSSR count). The van der Waals surface area contributed by atoms with Crippen molar-refractivity contribution in [2.45, 2.75) is 0 Å². The van der Waals surface area contributed by atoms with E-state index >= 15 is 0 Å². The van der Waals surface area contributed by atoms with E-state index in [1.54, 1.807) is 24.1 Å². The first kappa shape index (κ1) is 9.79. The molecule has 78 valence electrons. The number of anilines is 1. The minimum atomic E-state index is -0.325. The molecule has 1 N–H and O–H groups in total. The Labute approximate surface area is 90.9 Å². The number of nitrogens with one attached hydrogen (secondary N) is 1. The molecule has 0 aliphatic carbocycles. The van der Waals surface area contributed by atoms with Crippen molar-refractivity contribution < 1.29 is 0 Å². The van der Waals surface area contributed by atoms with Crippen molar-refractivity contribution in [1.82, 2.24) is 14.5 Å². The number of aromatic nitrogens is 3. The first-order chi connectivity index (χ1) is 7.18. The number of hydrogen-bond donors (Lipinski definition) is 1. The first-order valence-corrected chi connectivity index (χ1v) is 4.68. The highest BCUT2D eigenvalue weighted by Gasteiger charge is 2.06. The molecule has 0 atom stereocenters. The molecule has 2 aromatic rings. The average molecular weight is 225 g/mol. The molecule has 0 bridgehead atoms. The molecule has 2 aromatic heterocycles. The number of aryl methyl sites for hydroxylation is 1. The lowest BCUT2D eigenvalue weighted by molar-refractivity contribution is 0.707. The van der Waals surface area contributed by atoms with Crippen molar-refractivity contribution in [3.63, 3.8) is 0 Å². The minimum absolute atomic E-state index is 0.126. The summed E-state index contributed by atoms with van der Waals surface area (Å²) < 4.78 is 2.87. The van der Waals surface area contributed by atoms with Crippen LogP contribution in [0.15, 0.2) is 35.5 Å². The third-order valence-corrected chi connectivity index (χ3v) is 2.30. The molecule has 0 spiro atoms. The van der Waals surface area contributed by atoms with E-state index in [9.17, 15) is 4.79 Å². The lowest BCUT2D eigenvalue weighted by Gasteiger charge is -2.08. The predicted molar refractivity (Wildman–Crippen MR) is 57.9 cm³/mol. The third-order valence-electron chi connectivity index (χ3n) is 1.93. The van der Waals surface area contributed by atoms with Gasteiger partial charge in [-0.3, -0.25) is 14.9 Å². The number of rotatable bonds is 2. The van der Waals surface area contributed by atoms with Crippen LogP contribution in [0, 0.1) is 0 Å². The lowest BCUT2D eigenvalue weighted by Crippen LogP contribution is -2.21. The summed E-state index contributed by atoms with van der Waals surface area (Å²) in [5.41, 5.74) is 3.09. The van der Waals surface area contributed by atoms with Crippen molar-refractivity contribution in [2.24, 2.45) is 7.05 Å². The van der Waals surface area contributed by atoms with Crippen LogP contribution in [0.25, 0.3) is 0 Å². The number of hydrogen-bond acceptors (Lipinski definition) is 3. The van der Waals surface area contributed by atoms with Crippen LogP contribution in [-0.4, -0.2) is 14.5 Å². The fourth-order valence-corrected chi connectivity index (χ4v) is 1.35. The van der Waals surface area contributed by atoms with E-state index in [4.69, 9.17) is 11.6 Å². The maximum atomic E-state index is 11.4. The van der Waals surface area contributed by atoms with Gasteiger partial charge in [0.2, 0.25) is 0 Å². The predicted octanol–water partition coefficient (Wildman–Crippen LogP) is 1.11. The summed E-state index contributed by atoms with van der Waals surface area (Å²) >= 11 is 5.87. The van der Waals surface area contributed by atoms with Crippen molar-refractivity contribution in [1.29, 1.82) is 0 Å². The van der Waals surface area contributed by atoms with Crippen molar-refractivity contribution in [2.75, 3.05) is 5.43 Å². The smallest absolute Gasteiger partial charge is 0.287 e. The quantitative estimate of drug-likeness (QED) is 0.832. The van der Waals surface area contributed by atoms with Gasteiger partial charge in [0.25, 0.3) is 5.56 Å². The summed E-state index contributed by atoms with van der Waals surface area (Å²) in [6, 6.07) is 3.71. The van der Waals surface area contributed by atoms with E-state index in [-0.39, 0.29) is 10.6 Å². The first-order valence-electron chi connectivity index (χ1n) is 4.30. The van der Waals surface area contributed by atoms with Gasteiger partial charge in [0, 0.05) is 19.4 Å².